The molecule has 1 saturated heterocycles. The quantitative estimate of drug-likeness (QED) is 0.799. The fraction of sp³-hybridized carbons (Fsp3) is 0.625. The highest BCUT2D eigenvalue weighted by molar-refractivity contribution is 7.91. The summed E-state index contributed by atoms with van der Waals surface area (Å²) < 4.78 is 27.1. The number of carbonyl (C=O) groups excluding carboxylic acids is 1. The van der Waals surface area contributed by atoms with Crippen molar-refractivity contribution in [2.75, 3.05) is 26.7 Å². The molecule has 0 aliphatic carbocycles. The van der Waals surface area contributed by atoms with Gasteiger partial charge >= 0.3 is 5.97 Å². The van der Waals surface area contributed by atoms with E-state index in [1.807, 2.05) is 6.92 Å². The number of carboxylic acid groups (broad SMARTS) is 1. The van der Waals surface area contributed by atoms with E-state index in [0.29, 0.717) is 23.6 Å². The first-order valence-corrected chi connectivity index (χ1v) is 10.4. The number of aliphatic carboxylic acids is 1. The molecule has 2 heterocycles. The molecule has 1 aromatic heterocycles. The summed E-state index contributed by atoms with van der Waals surface area (Å²) >= 11 is 1.23. The summed E-state index contributed by atoms with van der Waals surface area (Å²) in [4.78, 5) is 25.9. The van der Waals surface area contributed by atoms with Crippen molar-refractivity contribution in [1.82, 2.24) is 9.21 Å². The summed E-state index contributed by atoms with van der Waals surface area (Å²) in [7, 11) is -2.02. The van der Waals surface area contributed by atoms with Crippen LogP contribution in [-0.2, 0) is 19.6 Å². The molecule has 25 heavy (non-hydrogen) atoms. The van der Waals surface area contributed by atoms with Gasteiger partial charge in [0.15, 0.2) is 0 Å². The molecule has 0 spiro atoms. The minimum absolute atomic E-state index is 0.113. The molecular formula is C16H24N2O5S2. The normalized spacial score (nSPS) is 20.2. The molecule has 2 atom stereocenters. The molecule has 1 aliphatic heterocycles. The summed E-state index contributed by atoms with van der Waals surface area (Å²) in [6.07, 6.45) is 1.22. The molecule has 2 unspecified atom stereocenters. The molecule has 7 nitrogen and oxygen atoms in total. The molecule has 1 aliphatic rings. The number of hydrogen-bond acceptors (Lipinski definition) is 5. The Morgan fingerprint density at radius 1 is 1.44 bits per heavy atom. The second-order valence-corrected chi connectivity index (χ2v) is 9.98. The smallest absolute Gasteiger partial charge is 0.308 e. The summed E-state index contributed by atoms with van der Waals surface area (Å²) in [5, 5.41) is 8.98. The van der Waals surface area contributed by atoms with Gasteiger partial charge in [0.1, 0.15) is 4.21 Å². The maximum absolute atomic E-state index is 12.7. The van der Waals surface area contributed by atoms with Crippen molar-refractivity contribution in [1.29, 1.82) is 0 Å². The van der Waals surface area contributed by atoms with Gasteiger partial charge in [0, 0.05) is 31.6 Å². The van der Waals surface area contributed by atoms with E-state index in [0.717, 1.165) is 4.88 Å². The van der Waals surface area contributed by atoms with E-state index in [1.165, 1.54) is 20.5 Å². The van der Waals surface area contributed by atoms with Gasteiger partial charge in [-0.3, -0.25) is 9.59 Å². The Morgan fingerprint density at radius 2 is 2.12 bits per heavy atom. The third-order valence-electron chi connectivity index (χ3n) is 4.39. The molecular weight excluding hydrogens is 364 g/mol. The standard InChI is InChI=1S/C16H24N2O5S2/c1-11(16(20)21)9-17(3)15(19)13-5-4-8-18(10-13)25(22,23)14-7-6-12(2)24-14/h6-7,11,13H,4-5,8-10H2,1-3H3,(H,20,21). The van der Waals surface area contributed by atoms with Gasteiger partial charge in [-0.05, 0) is 31.9 Å². The van der Waals surface area contributed by atoms with E-state index in [4.69, 9.17) is 5.11 Å². The minimum atomic E-state index is -3.58. The number of nitrogens with zero attached hydrogens (tertiary/aromatic N) is 2. The summed E-state index contributed by atoms with van der Waals surface area (Å²) in [5.74, 6) is -2.25. The summed E-state index contributed by atoms with van der Waals surface area (Å²) in [6.45, 7) is 4.05. The zero-order valence-electron chi connectivity index (χ0n) is 14.6. The number of sulfonamides is 1. The van der Waals surface area contributed by atoms with Gasteiger partial charge < -0.3 is 10.0 Å². The van der Waals surface area contributed by atoms with Gasteiger partial charge in [0.2, 0.25) is 5.91 Å². The first-order chi connectivity index (χ1) is 11.6. The molecule has 0 bridgehead atoms. The Bertz CT molecular complexity index is 743. The maximum atomic E-state index is 12.7. The molecule has 1 amide bonds. The number of carbonyl (C=O) groups is 2. The van der Waals surface area contributed by atoms with Crippen molar-refractivity contribution in [3.63, 3.8) is 0 Å². The van der Waals surface area contributed by atoms with Crippen molar-refractivity contribution in [2.24, 2.45) is 11.8 Å². The summed E-state index contributed by atoms with van der Waals surface area (Å²) in [5.41, 5.74) is 0. The van der Waals surface area contributed by atoms with Crippen LogP contribution in [0.3, 0.4) is 0 Å². The Kier molecular flexibility index (Phi) is 6.23. The highest BCUT2D eigenvalue weighted by Gasteiger charge is 2.35. The van der Waals surface area contributed by atoms with Crippen LogP contribution in [-0.4, -0.2) is 61.3 Å². The van der Waals surface area contributed by atoms with Crippen molar-refractivity contribution < 1.29 is 23.1 Å². The minimum Gasteiger partial charge on any atom is -0.481 e. The third kappa shape index (κ3) is 4.59. The van der Waals surface area contributed by atoms with Crippen LogP contribution < -0.4 is 0 Å². The van der Waals surface area contributed by atoms with Gasteiger partial charge in [-0.15, -0.1) is 11.3 Å². The lowest BCUT2D eigenvalue weighted by Crippen LogP contribution is -2.46. The molecule has 1 aromatic rings. The molecule has 0 radical (unpaired) electrons. The van der Waals surface area contributed by atoms with Gasteiger partial charge in [-0.1, -0.05) is 6.92 Å². The predicted octanol–water partition coefficient (Wildman–Crippen LogP) is 1.64. The average molecular weight is 389 g/mol. The van der Waals surface area contributed by atoms with Crippen molar-refractivity contribution >= 4 is 33.2 Å². The van der Waals surface area contributed by atoms with E-state index < -0.39 is 27.8 Å². The van der Waals surface area contributed by atoms with E-state index >= 15 is 0 Å². The van der Waals surface area contributed by atoms with Gasteiger partial charge in [0.05, 0.1) is 11.8 Å². The first-order valence-electron chi connectivity index (χ1n) is 8.17. The fourth-order valence-electron chi connectivity index (χ4n) is 2.93. The van der Waals surface area contributed by atoms with Crippen molar-refractivity contribution in [2.45, 2.75) is 30.9 Å². The third-order valence-corrected chi connectivity index (χ3v) is 7.72. The van der Waals surface area contributed by atoms with E-state index in [-0.39, 0.29) is 19.0 Å². The molecule has 2 rings (SSSR count). The average Bonchev–Trinajstić information content (AvgIpc) is 3.01. The second kappa shape index (κ2) is 7.84. The zero-order chi connectivity index (χ0) is 18.8. The topological polar surface area (TPSA) is 95.0 Å². The molecule has 140 valence electrons. The second-order valence-electron chi connectivity index (χ2n) is 6.53. The van der Waals surface area contributed by atoms with E-state index in [2.05, 4.69) is 0 Å². The van der Waals surface area contributed by atoms with Crippen LogP contribution >= 0.6 is 11.3 Å². The molecule has 0 saturated carbocycles. The lowest BCUT2D eigenvalue weighted by molar-refractivity contribution is -0.143. The van der Waals surface area contributed by atoms with Gasteiger partial charge in [-0.25, -0.2) is 8.42 Å². The number of carboxylic acids is 1. The molecule has 9 heteroatoms. The predicted molar refractivity (Wildman–Crippen MR) is 95.0 cm³/mol. The summed E-state index contributed by atoms with van der Waals surface area (Å²) in [6, 6.07) is 3.37. The molecule has 0 aromatic carbocycles. The number of thiophene rings is 1. The SMILES string of the molecule is Cc1ccc(S(=O)(=O)N2CCCC(C(=O)N(C)CC(C)C(=O)O)C2)s1. The van der Waals surface area contributed by atoms with Crippen LogP contribution in [0.2, 0.25) is 0 Å². The first kappa shape index (κ1) is 19.9. The fourth-order valence-corrected chi connectivity index (χ4v) is 5.89. The number of amides is 1. The van der Waals surface area contributed by atoms with Crippen LogP contribution in [0.25, 0.3) is 0 Å². The van der Waals surface area contributed by atoms with Gasteiger partial charge in [-0.2, -0.15) is 4.31 Å². The van der Waals surface area contributed by atoms with E-state index in [9.17, 15) is 18.0 Å². The van der Waals surface area contributed by atoms with Crippen LogP contribution in [0.5, 0.6) is 0 Å². The number of aryl methyl sites for hydroxylation is 1. The van der Waals surface area contributed by atoms with Crippen LogP contribution in [0.4, 0.5) is 0 Å². The Labute approximate surface area is 152 Å². The Hall–Kier alpha value is -1.45. The van der Waals surface area contributed by atoms with Crippen LogP contribution in [0.1, 0.15) is 24.6 Å². The highest BCUT2D eigenvalue weighted by atomic mass is 32.2. The monoisotopic (exact) mass is 388 g/mol. The highest BCUT2D eigenvalue weighted by Crippen LogP contribution is 2.28. The number of hydrogen-bond donors (Lipinski definition) is 1. The Balaban J connectivity index is 2.07. The van der Waals surface area contributed by atoms with Crippen molar-refractivity contribution in [3.05, 3.63) is 17.0 Å². The number of piperidine rings is 1. The van der Waals surface area contributed by atoms with Crippen LogP contribution in [0, 0.1) is 18.8 Å². The lowest BCUT2D eigenvalue weighted by Gasteiger charge is -2.33. The zero-order valence-corrected chi connectivity index (χ0v) is 16.3. The van der Waals surface area contributed by atoms with E-state index in [1.54, 1.807) is 26.1 Å². The maximum Gasteiger partial charge on any atom is 0.308 e. The molecule has 1 N–H and O–H groups in total. The van der Waals surface area contributed by atoms with Crippen LogP contribution in [0.15, 0.2) is 16.3 Å². The van der Waals surface area contributed by atoms with Gasteiger partial charge in [0.25, 0.3) is 10.0 Å². The number of rotatable bonds is 6. The Morgan fingerprint density at radius 3 is 2.68 bits per heavy atom. The molecule has 1 fully saturated rings. The lowest BCUT2D eigenvalue weighted by atomic mass is 9.98. The van der Waals surface area contributed by atoms with Crippen molar-refractivity contribution in [3.8, 4) is 0 Å². The largest absolute Gasteiger partial charge is 0.481 e.